The summed E-state index contributed by atoms with van der Waals surface area (Å²) in [6.07, 6.45) is 1.55. The molecular formula is C9H9N4ORf2-. The molecule has 0 radical (unpaired) electrons. The summed E-state index contributed by atoms with van der Waals surface area (Å²) < 4.78 is 1.43. The van der Waals surface area contributed by atoms with E-state index in [0.717, 1.165) is 5.39 Å². The minimum atomic E-state index is -0.0874. The van der Waals surface area contributed by atoms with Crippen LogP contribution in [-0.2, 0) is 7.05 Å². The third-order valence-electron chi connectivity index (χ3n) is 2.13. The normalized spacial score (nSPS) is 9.38. The summed E-state index contributed by atoms with van der Waals surface area (Å²) in [4.78, 5) is 19.2. The fraction of sp³-hybridized carbons (Fsp3) is 0.222. The monoisotopic (exact) mass is 723 g/mol. The average Bonchev–Trinajstić information content (AvgIpc) is 2.16. The van der Waals surface area contributed by atoms with E-state index in [1.54, 1.807) is 26.2 Å². The molecule has 0 aromatic carbocycles. The first-order valence-electron chi connectivity index (χ1n) is 4.14. The smallest absolute Gasteiger partial charge is 0.253 e. The van der Waals surface area contributed by atoms with Gasteiger partial charge in [-0.25, -0.2) is 0 Å². The zero-order chi connectivity index (χ0) is 10.3. The van der Waals surface area contributed by atoms with Gasteiger partial charge in [0, 0.05) is 23.9 Å². The molecule has 0 amide bonds. The van der Waals surface area contributed by atoms with Gasteiger partial charge in [-0.1, -0.05) is 0 Å². The number of hydrogen-bond acceptors (Lipinski definition) is 3. The van der Waals surface area contributed by atoms with Gasteiger partial charge >= 0.3 is 0 Å². The van der Waals surface area contributed by atoms with Crippen molar-refractivity contribution < 1.29 is 0 Å². The number of fused-ring (bicyclic) bond motifs is 1. The molecule has 5 nitrogen and oxygen atoms in total. The van der Waals surface area contributed by atoms with Crippen molar-refractivity contribution in [3.63, 3.8) is 0 Å². The van der Waals surface area contributed by atoms with Crippen LogP contribution in [-0.4, -0.2) is 14.5 Å². The molecule has 2 aromatic heterocycles. The first-order valence-corrected chi connectivity index (χ1v) is 4.14. The molecule has 16 heavy (non-hydrogen) atoms. The molecule has 0 atom stereocenters. The first kappa shape index (κ1) is 12.1. The maximum absolute atomic E-state index is 11.5. The molecule has 1 N–H and O–H groups in total. The van der Waals surface area contributed by atoms with Crippen LogP contribution in [0.2, 0.25) is 0 Å². The quantitative estimate of drug-likeness (QED) is 0.413. The summed E-state index contributed by atoms with van der Waals surface area (Å²) in [6, 6.07) is 1.73. The largest absolute Gasteiger partial charge is 0.410 e. The minimum absolute atomic E-state index is 0. The van der Waals surface area contributed by atoms with Crippen LogP contribution in [0.3, 0.4) is 0 Å². The molecule has 7 heteroatoms. The SMILES string of the molecule is Cc1cc2cnc([NH-])nc2n(C)c1=O.[Rf].[Rf]. The molecule has 0 bridgehead atoms. The van der Waals surface area contributed by atoms with E-state index in [2.05, 4.69) is 9.97 Å². The maximum Gasteiger partial charge on any atom is 0.253 e. The van der Waals surface area contributed by atoms with Gasteiger partial charge in [-0.3, -0.25) is 4.79 Å². The predicted molar refractivity (Wildman–Crippen MR) is 53.5 cm³/mol. The molecule has 0 aliphatic heterocycles. The minimum Gasteiger partial charge on any atom is -0.410 e. The topological polar surface area (TPSA) is 71.6 Å². The average molecular weight is 723 g/mol. The molecule has 76 valence electrons. The molecule has 0 aliphatic rings. The van der Waals surface area contributed by atoms with Gasteiger partial charge in [-0.15, -0.1) is 0 Å². The Kier molecular flexibility index (Phi) is 2.61. The molecule has 0 aliphatic carbocycles. The van der Waals surface area contributed by atoms with Crippen LogP contribution in [0.25, 0.3) is 16.8 Å². The second kappa shape index (κ2) is 3.45. The number of rotatable bonds is 0. The fourth-order valence-electron chi connectivity index (χ4n) is 1.41. The van der Waals surface area contributed by atoms with Crippen molar-refractivity contribution in [3.05, 3.63) is 33.9 Å². The third kappa shape index (κ3) is 1.32. The summed E-state index contributed by atoms with van der Waals surface area (Å²) in [5.74, 6) is -0.0728. The summed E-state index contributed by atoms with van der Waals surface area (Å²) in [7, 11) is 1.64. The Morgan fingerprint density at radius 2 is 2.00 bits per heavy atom. The molecule has 0 saturated carbocycles. The number of aromatic nitrogens is 3. The fourth-order valence-corrected chi connectivity index (χ4v) is 1.41. The second-order valence-electron chi connectivity index (χ2n) is 3.16. The zero-order valence-electron chi connectivity index (χ0n) is 9.32. The van der Waals surface area contributed by atoms with E-state index in [-0.39, 0.29) is 11.5 Å². The van der Waals surface area contributed by atoms with Crippen molar-refractivity contribution in [1.29, 1.82) is 0 Å². The zero-order valence-corrected chi connectivity index (χ0v) is 22.1. The van der Waals surface area contributed by atoms with E-state index >= 15 is 0 Å². The van der Waals surface area contributed by atoms with Crippen LogP contribution in [0.4, 0.5) is 5.95 Å². The maximum atomic E-state index is 11.5. The molecule has 2 heterocycles. The van der Waals surface area contributed by atoms with E-state index in [1.165, 1.54) is 4.57 Å². The molecular weight excluding hydrogens is 714 g/mol. The molecule has 0 saturated heterocycles. The van der Waals surface area contributed by atoms with Crippen LogP contribution in [0.15, 0.2) is 17.1 Å². The van der Waals surface area contributed by atoms with E-state index < -0.39 is 0 Å². The number of pyridine rings is 1. The molecule has 0 spiro atoms. The van der Waals surface area contributed by atoms with Gasteiger partial charge in [0.25, 0.3) is 5.56 Å². The molecule has 0 fully saturated rings. The van der Waals surface area contributed by atoms with Crippen molar-refractivity contribution in [2.24, 2.45) is 7.05 Å². The van der Waals surface area contributed by atoms with Gasteiger partial charge in [0.15, 0.2) is 0 Å². The number of nitrogens with zero attached hydrogens (tertiary/aromatic N) is 3. The number of hydrogen-bond donors (Lipinski definition) is 0. The molecule has 0 unspecified atom stereocenters. The third-order valence-corrected chi connectivity index (χ3v) is 2.13. The van der Waals surface area contributed by atoms with Crippen molar-refractivity contribution in [3.8, 4) is 0 Å². The summed E-state index contributed by atoms with van der Waals surface area (Å²) in [5.41, 5.74) is 8.33. The van der Waals surface area contributed by atoms with E-state index in [4.69, 9.17) is 5.73 Å². The summed E-state index contributed by atoms with van der Waals surface area (Å²) >= 11 is 0. The van der Waals surface area contributed by atoms with E-state index in [1.807, 2.05) is 0 Å². The van der Waals surface area contributed by atoms with E-state index in [0.29, 0.717) is 11.2 Å². The Morgan fingerprint density at radius 1 is 1.38 bits per heavy atom. The standard InChI is InChI=1S/C9H10N4O.2Rf/c1-5-3-6-4-11-9(10)12-7(6)13(2)8(5)14;;/h3-4H,1-2H3,(H2,10,11,12,14);;/p-1. The van der Waals surface area contributed by atoms with Crippen LogP contribution >= 0.6 is 0 Å². The first-order chi connectivity index (χ1) is 6.59. The Labute approximate surface area is 80.2 Å². The van der Waals surface area contributed by atoms with Crippen molar-refractivity contribution in [2.75, 3.05) is 0 Å². The van der Waals surface area contributed by atoms with Crippen LogP contribution in [0, 0.1) is 6.92 Å². The van der Waals surface area contributed by atoms with Gasteiger partial charge in [-0.05, 0) is 19.2 Å². The summed E-state index contributed by atoms with van der Waals surface area (Å²) in [5, 5.41) is 0.778. The van der Waals surface area contributed by atoms with Crippen molar-refractivity contribution >= 4 is 17.0 Å². The van der Waals surface area contributed by atoms with Gasteiger partial charge in [0.2, 0.25) is 0 Å². The summed E-state index contributed by atoms with van der Waals surface area (Å²) in [6.45, 7) is 1.75. The second-order valence-corrected chi connectivity index (χ2v) is 3.16. The van der Waals surface area contributed by atoms with Crippen LogP contribution in [0.1, 0.15) is 5.56 Å². The van der Waals surface area contributed by atoms with Crippen molar-refractivity contribution in [2.45, 2.75) is 6.92 Å². The van der Waals surface area contributed by atoms with Gasteiger partial charge < -0.3 is 20.3 Å². The van der Waals surface area contributed by atoms with Gasteiger partial charge in [0.1, 0.15) is 0 Å². The van der Waals surface area contributed by atoms with Gasteiger partial charge in [0.05, 0.1) is 5.65 Å². The Morgan fingerprint density at radius 3 is 2.62 bits per heavy atom. The van der Waals surface area contributed by atoms with Gasteiger partial charge in [-0.2, -0.15) is 0 Å². The van der Waals surface area contributed by atoms with E-state index in [9.17, 15) is 4.79 Å². The van der Waals surface area contributed by atoms with Crippen molar-refractivity contribution in [1.82, 2.24) is 14.5 Å². The Balaban J connectivity index is 0.00000112. The van der Waals surface area contributed by atoms with Crippen LogP contribution in [0.5, 0.6) is 0 Å². The number of nitrogens with one attached hydrogen (secondary N) is 1. The van der Waals surface area contributed by atoms with Crippen LogP contribution < -0.4 is 5.56 Å². The Bertz CT molecular complexity index is 567. The number of aryl methyl sites for hydroxylation is 2. The molecule has 2 rings (SSSR count). The molecule has 2 aromatic rings. The predicted octanol–water partition coefficient (Wildman–Crippen LogP) is 1.32. The Hall–Kier alpha value is -3.91.